The summed E-state index contributed by atoms with van der Waals surface area (Å²) in [6, 6.07) is 14.4. The molecule has 0 aliphatic carbocycles. The Morgan fingerprint density at radius 2 is 2.04 bits per heavy atom. The molecule has 26 heavy (non-hydrogen) atoms. The minimum absolute atomic E-state index is 0.0688. The number of nitrogens with zero attached hydrogens (tertiary/aromatic N) is 2. The number of halogens is 1. The summed E-state index contributed by atoms with van der Waals surface area (Å²) in [6.07, 6.45) is 6.90. The third-order valence-corrected chi connectivity index (χ3v) is 3.65. The molecule has 0 unspecified atom stereocenters. The van der Waals surface area contributed by atoms with E-state index in [0.717, 1.165) is 0 Å². The highest BCUT2D eigenvalue weighted by Crippen LogP contribution is 2.37. The van der Waals surface area contributed by atoms with Gasteiger partial charge in [-0.2, -0.15) is 10.5 Å². The fourth-order valence-corrected chi connectivity index (χ4v) is 2.56. The number of allylic oxidation sites excluding steroid dienone is 1. The van der Waals surface area contributed by atoms with Crippen LogP contribution in [-0.4, -0.2) is 13.2 Å². The van der Waals surface area contributed by atoms with Crippen LogP contribution < -0.4 is 9.47 Å². The largest absolute Gasteiger partial charge is 0.490 e. The van der Waals surface area contributed by atoms with Crippen molar-refractivity contribution in [2.75, 3.05) is 13.2 Å². The van der Waals surface area contributed by atoms with Gasteiger partial charge in [0, 0.05) is 0 Å². The third-order valence-electron chi connectivity index (χ3n) is 3.37. The zero-order chi connectivity index (χ0) is 18.9. The van der Waals surface area contributed by atoms with Crippen molar-refractivity contribution in [1.82, 2.24) is 0 Å². The van der Waals surface area contributed by atoms with E-state index in [-0.39, 0.29) is 6.61 Å². The number of ether oxygens (including phenoxy) is 2. The first kappa shape index (κ1) is 18.9. The average Bonchev–Trinajstić information content (AvgIpc) is 2.65. The van der Waals surface area contributed by atoms with Gasteiger partial charge in [-0.15, -0.1) is 6.42 Å². The molecule has 0 aliphatic heterocycles. The maximum Gasteiger partial charge on any atom is 0.181 e. The molecule has 0 bridgehead atoms. The highest BCUT2D eigenvalue weighted by molar-refractivity contribution is 6.32. The molecule has 0 amide bonds. The van der Waals surface area contributed by atoms with E-state index < -0.39 is 0 Å². The second-order valence-electron chi connectivity index (χ2n) is 5.12. The van der Waals surface area contributed by atoms with Crippen molar-refractivity contribution in [1.29, 1.82) is 10.5 Å². The Morgan fingerprint density at radius 1 is 1.23 bits per heavy atom. The quantitative estimate of drug-likeness (QED) is 0.425. The molecule has 0 aliphatic rings. The van der Waals surface area contributed by atoms with E-state index >= 15 is 0 Å². The summed E-state index contributed by atoms with van der Waals surface area (Å²) < 4.78 is 11.0. The van der Waals surface area contributed by atoms with E-state index in [2.05, 4.69) is 18.1 Å². The standard InChI is InChI=1S/C21H15ClN2O2/c1-3-8-26-21-19(22)11-16(12-20(21)25-4-2)10-18(14-24)17-7-5-6-15(9-17)13-23/h1,5-7,9-12H,4,8H2,2H3/b18-10-. The fourth-order valence-electron chi connectivity index (χ4n) is 2.29. The Kier molecular flexibility index (Phi) is 6.69. The van der Waals surface area contributed by atoms with E-state index in [0.29, 0.717) is 45.4 Å². The van der Waals surface area contributed by atoms with Gasteiger partial charge in [0.15, 0.2) is 11.5 Å². The average molecular weight is 363 g/mol. The zero-order valence-electron chi connectivity index (χ0n) is 14.1. The van der Waals surface area contributed by atoms with Crippen molar-refractivity contribution in [3.63, 3.8) is 0 Å². The molecule has 0 heterocycles. The van der Waals surface area contributed by atoms with E-state index in [4.69, 9.17) is 32.8 Å². The number of hydrogen-bond donors (Lipinski definition) is 0. The van der Waals surface area contributed by atoms with Crippen LogP contribution in [-0.2, 0) is 0 Å². The van der Waals surface area contributed by atoms with Crippen LogP contribution in [0.3, 0.4) is 0 Å². The molecule has 2 aromatic carbocycles. The molecule has 2 aromatic rings. The summed E-state index contributed by atoms with van der Waals surface area (Å²) in [5, 5.41) is 18.9. The van der Waals surface area contributed by atoms with Crippen molar-refractivity contribution in [3.8, 4) is 36.0 Å². The molecule has 0 spiro atoms. The van der Waals surface area contributed by atoms with Gasteiger partial charge in [0.05, 0.1) is 34.9 Å². The lowest BCUT2D eigenvalue weighted by Crippen LogP contribution is -2.00. The zero-order valence-corrected chi connectivity index (χ0v) is 14.9. The van der Waals surface area contributed by atoms with E-state index in [1.54, 1.807) is 42.5 Å². The molecule has 0 saturated heterocycles. The van der Waals surface area contributed by atoms with Crippen molar-refractivity contribution in [2.24, 2.45) is 0 Å². The molecule has 0 N–H and O–H groups in total. The summed E-state index contributed by atoms with van der Waals surface area (Å²) in [5.74, 6) is 3.20. The van der Waals surface area contributed by atoms with Crippen molar-refractivity contribution in [3.05, 3.63) is 58.1 Å². The Morgan fingerprint density at radius 3 is 2.69 bits per heavy atom. The second kappa shape index (κ2) is 9.19. The van der Waals surface area contributed by atoms with Crippen molar-refractivity contribution in [2.45, 2.75) is 6.92 Å². The smallest absolute Gasteiger partial charge is 0.181 e. The van der Waals surface area contributed by atoms with Gasteiger partial charge in [-0.1, -0.05) is 29.7 Å². The van der Waals surface area contributed by atoms with Crippen LogP contribution >= 0.6 is 11.6 Å². The maximum atomic E-state index is 9.50. The SMILES string of the molecule is C#CCOc1c(Cl)cc(/C=C(/C#N)c2cccc(C#N)c2)cc1OCC. The van der Waals surface area contributed by atoms with Gasteiger partial charge in [0.2, 0.25) is 0 Å². The Hall–Kier alpha value is -3.39. The maximum absolute atomic E-state index is 9.50. The number of rotatable bonds is 6. The minimum atomic E-state index is 0.0688. The Bertz CT molecular complexity index is 959. The lowest BCUT2D eigenvalue weighted by molar-refractivity contribution is 0.299. The van der Waals surface area contributed by atoms with Crippen molar-refractivity contribution >= 4 is 23.3 Å². The van der Waals surface area contributed by atoms with Gasteiger partial charge in [-0.05, 0) is 48.4 Å². The molecule has 128 valence electrons. The van der Waals surface area contributed by atoms with Crippen LogP contribution in [0.25, 0.3) is 11.6 Å². The van der Waals surface area contributed by atoms with E-state index in [1.165, 1.54) is 0 Å². The first-order chi connectivity index (χ1) is 12.6. The van der Waals surface area contributed by atoms with Crippen LogP contribution in [0.1, 0.15) is 23.6 Å². The third kappa shape index (κ3) is 4.58. The van der Waals surface area contributed by atoms with E-state index in [9.17, 15) is 5.26 Å². The molecular weight excluding hydrogens is 348 g/mol. The van der Waals surface area contributed by atoms with Gasteiger partial charge >= 0.3 is 0 Å². The van der Waals surface area contributed by atoms with Crippen LogP contribution in [0.15, 0.2) is 36.4 Å². The van der Waals surface area contributed by atoms with Gasteiger partial charge in [0.25, 0.3) is 0 Å². The van der Waals surface area contributed by atoms with Crippen LogP contribution in [0.5, 0.6) is 11.5 Å². The highest BCUT2D eigenvalue weighted by atomic mass is 35.5. The Labute approximate surface area is 157 Å². The number of terminal acetylenes is 1. The first-order valence-electron chi connectivity index (χ1n) is 7.77. The number of nitriles is 2. The first-order valence-corrected chi connectivity index (χ1v) is 8.15. The van der Waals surface area contributed by atoms with Crippen LogP contribution in [0, 0.1) is 35.0 Å². The Balaban J connectivity index is 2.49. The molecule has 0 saturated carbocycles. The monoisotopic (exact) mass is 362 g/mol. The lowest BCUT2D eigenvalue weighted by atomic mass is 10.0. The second-order valence-corrected chi connectivity index (χ2v) is 5.53. The van der Waals surface area contributed by atoms with Crippen molar-refractivity contribution < 1.29 is 9.47 Å². The molecule has 0 radical (unpaired) electrons. The van der Waals surface area contributed by atoms with Crippen LogP contribution in [0.2, 0.25) is 5.02 Å². The molecule has 2 rings (SSSR count). The molecule has 0 atom stereocenters. The predicted octanol–water partition coefficient (Wildman–Crippen LogP) is 4.69. The molecule has 0 aromatic heterocycles. The molecule has 4 nitrogen and oxygen atoms in total. The predicted molar refractivity (Wildman–Crippen MR) is 102 cm³/mol. The van der Waals surface area contributed by atoms with Crippen LogP contribution in [0.4, 0.5) is 0 Å². The highest BCUT2D eigenvalue weighted by Gasteiger charge is 2.12. The number of hydrogen-bond acceptors (Lipinski definition) is 4. The summed E-state index contributed by atoms with van der Waals surface area (Å²) in [5.41, 5.74) is 2.20. The summed E-state index contributed by atoms with van der Waals surface area (Å²) in [6.45, 7) is 2.33. The lowest BCUT2D eigenvalue weighted by Gasteiger charge is -2.13. The van der Waals surface area contributed by atoms with Gasteiger partial charge in [-0.25, -0.2) is 0 Å². The minimum Gasteiger partial charge on any atom is -0.490 e. The molecular formula is C21H15ClN2O2. The normalized spacial score (nSPS) is 10.3. The molecule has 0 fully saturated rings. The topological polar surface area (TPSA) is 66.0 Å². The van der Waals surface area contributed by atoms with E-state index in [1.807, 2.05) is 6.92 Å². The molecule has 5 heteroatoms. The summed E-state index contributed by atoms with van der Waals surface area (Å²) >= 11 is 6.30. The van der Waals surface area contributed by atoms with Gasteiger partial charge in [0.1, 0.15) is 6.61 Å². The summed E-state index contributed by atoms with van der Waals surface area (Å²) in [7, 11) is 0. The van der Waals surface area contributed by atoms with Gasteiger partial charge < -0.3 is 9.47 Å². The summed E-state index contributed by atoms with van der Waals surface area (Å²) in [4.78, 5) is 0. The van der Waals surface area contributed by atoms with Gasteiger partial charge in [-0.3, -0.25) is 0 Å². The fraction of sp³-hybridized carbons (Fsp3) is 0.143. The number of benzene rings is 2.